The summed E-state index contributed by atoms with van der Waals surface area (Å²) in [4.78, 5) is 12.8. The maximum atomic E-state index is 12.4. The first-order valence-corrected chi connectivity index (χ1v) is 12.4. The van der Waals surface area contributed by atoms with Crippen LogP contribution in [0.3, 0.4) is 0 Å². The van der Waals surface area contributed by atoms with E-state index in [0.717, 1.165) is 43.5 Å². The third-order valence-corrected chi connectivity index (χ3v) is 8.13. The van der Waals surface area contributed by atoms with Gasteiger partial charge >= 0.3 is 0 Å². The fourth-order valence-electron chi connectivity index (χ4n) is 3.54. The molecule has 2 aromatic carbocycles. The number of halogens is 3. The number of fused-ring (bicyclic) bond motifs is 1. The van der Waals surface area contributed by atoms with Gasteiger partial charge in [0.05, 0.1) is 20.0 Å². The summed E-state index contributed by atoms with van der Waals surface area (Å²) in [7, 11) is -3.77. The number of rotatable bonds is 9. The van der Waals surface area contributed by atoms with Gasteiger partial charge in [-0.3, -0.25) is 15.0 Å². The highest BCUT2D eigenvalue weighted by molar-refractivity contribution is 7.89. The lowest BCUT2D eigenvalue weighted by Gasteiger charge is -2.28. The van der Waals surface area contributed by atoms with Gasteiger partial charge in [-0.05, 0) is 49.1 Å². The lowest BCUT2D eigenvalue weighted by Crippen LogP contribution is -2.31. The van der Waals surface area contributed by atoms with E-state index in [1.165, 1.54) is 12.1 Å². The van der Waals surface area contributed by atoms with Crippen molar-refractivity contribution in [1.29, 1.82) is 0 Å². The normalized spacial score (nSPS) is 14.4. The van der Waals surface area contributed by atoms with E-state index >= 15 is 0 Å². The predicted molar refractivity (Wildman–Crippen MR) is 123 cm³/mol. The number of sulfonamides is 1. The third kappa shape index (κ3) is 6.09. The van der Waals surface area contributed by atoms with Crippen molar-refractivity contribution in [2.45, 2.75) is 37.1 Å². The van der Waals surface area contributed by atoms with Crippen molar-refractivity contribution in [3.05, 3.63) is 66.6 Å². The van der Waals surface area contributed by atoms with E-state index in [9.17, 15) is 18.5 Å². The molecule has 11 heteroatoms. The van der Waals surface area contributed by atoms with Crippen molar-refractivity contribution in [1.82, 2.24) is 9.62 Å². The van der Waals surface area contributed by atoms with Crippen molar-refractivity contribution in [2.75, 3.05) is 19.6 Å². The Morgan fingerprint density at radius 3 is 2.55 bits per heavy atom. The number of nitrogens with one attached hydrogen (secondary N) is 1. The topological polar surface area (TPSA) is 92.6 Å². The molecule has 0 unspecified atom stereocenters. The number of nitro groups is 1. The highest BCUT2D eigenvalue weighted by Gasteiger charge is 2.21. The first-order chi connectivity index (χ1) is 14.7. The monoisotopic (exact) mass is 505 g/mol. The fraction of sp³-hybridized carbons (Fsp3) is 0.400. The molecule has 3 rings (SSSR count). The largest absolute Gasteiger partial charge is 0.299 e. The van der Waals surface area contributed by atoms with Crippen molar-refractivity contribution in [3.63, 3.8) is 0 Å². The molecule has 7 nitrogen and oxygen atoms in total. The summed E-state index contributed by atoms with van der Waals surface area (Å²) in [5.74, 6) is 0. The Morgan fingerprint density at radius 2 is 1.81 bits per heavy atom. The van der Waals surface area contributed by atoms with Gasteiger partial charge in [0, 0.05) is 31.8 Å². The van der Waals surface area contributed by atoms with Crippen molar-refractivity contribution in [2.24, 2.45) is 0 Å². The summed E-state index contributed by atoms with van der Waals surface area (Å²) in [6.45, 7) is 2.74. The van der Waals surface area contributed by atoms with Gasteiger partial charge in [-0.2, -0.15) is 0 Å². The average molecular weight is 507 g/mol. The van der Waals surface area contributed by atoms with Crippen LogP contribution < -0.4 is 4.72 Å². The molecule has 1 aliphatic rings. The Kier molecular flexibility index (Phi) is 8.18. The van der Waals surface area contributed by atoms with E-state index < -0.39 is 10.0 Å². The second kappa shape index (κ2) is 10.5. The van der Waals surface area contributed by atoms with Gasteiger partial charge in [0.1, 0.15) is 4.90 Å². The molecule has 0 saturated heterocycles. The van der Waals surface area contributed by atoms with Crippen molar-refractivity contribution in [3.8, 4) is 0 Å². The van der Waals surface area contributed by atoms with Crippen LogP contribution in [0.25, 0.3) is 0 Å². The molecule has 168 valence electrons. The van der Waals surface area contributed by atoms with Crippen LogP contribution in [0.5, 0.6) is 0 Å². The summed E-state index contributed by atoms with van der Waals surface area (Å²) in [6, 6.07) is 7.79. The summed E-state index contributed by atoms with van der Waals surface area (Å²) in [5.41, 5.74) is 2.29. The number of nitrogens with zero attached hydrogens (tertiary/aromatic N) is 2. The van der Waals surface area contributed by atoms with Crippen LogP contribution in [-0.2, 0) is 23.0 Å². The molecule has 1 N–H and O–H groups in total. The van der Waals surface area contributed by atoms with Gasteiger partial charge in [0.25, 0.3) is 5.69 Å². The van der Waals surface area contributed by atoms with Crippen LogP contribution in [0.15, 0.2) is 35.2 Å². The van der Waals surface area contributed by atoms with E-state index in [-0.39, 0.29) is 37.1 Å². The SMILES string of the molecule is O=[N+]([O-])c1ccc2c(c1)CN(CCCCCNS(=O)(=O)c1ccc(Cl)c(Cl)c1Cl)CC2. The maximum Gasteiger partial charge on any atom is 0.269 e. The summed E-state index contributed by atoms with van der Waals surface area (Å²) in [5, 5.41) is 11.1. The van der Waals surface area contributed by atoms with Gasteiger partial charge in [-0.1, -0.05) is 47.3 Å². The fourth-order valence-corrected chi connectivity index (χ4v) is 5.59. The van der Waals surface area contributed by atoms with Crippen LogP contribution in [0.1, 0.15) is 30.4 Å². The molecule has 0 bridgehead atoms. The number of hydrogen-bond donors (Lipinski definition) is 1. The third-order valence-electron chi connectivity index (χ3n) is 5.22. The molecule has 0 radical (unpaired) electrons. The van der Waals surface area contributed by atoms with E-state index in [4.69, 9.17) is 34.8 Å². The summed E-state index contributed by atoms with van der Waals surface area (Å²) < 4.78 is 27.4. The maximum absolute atomic E-state index is 12.4. The molecule has 2 aromatic rings. The smallest absolute Gasteiger partial charge is 0.269 e. The van der Waals surface area contributed by atoms with E-state index in [2.05, 4.69) is 9.62 Å². The lowest BCUT2D eigenvalue weighted by molar-refractivity contribution is -0.385. The molecular weight excluding hydrogens is 485 g/mol. The molecule has 0 aromatic heterocycles. The van der Waals surface area contributed by atoms with Crippen LogP contribution in [0, 0.1) is 10.1 Å². The summed E-state index contributed by atoms with van der Waals surface area (Å²) in [6.07, 6.45) is 3.29. The first-order valence-electron chi connectivity index (χ1n) is 9.81. The molecule has 0 aliphatic carbocycles. The first kappa shape index (κ1) is 24.2. The minimum Gasteiger partial charge on any atom is -0.299 e. The number of non-ortho nitro benzene ring substituents is 1. The molecule has 1 heterocycles. The van der Waals surface area contributed by atoms with Crippen LogP contribution in [0.2, 0.25) is 15.1 Å². The van der Waals surface area contributed by atoms with E-state index in [1.54, 1.807) is 12.1 Å². The van der Waals surface area contributed by atoms with Crippen LogP contribution in [-0.4, -0.2) is 37.9 Å². The highest BCUT2D eigenvalue weighted by atomic mass is 35.5. The molecule has 0 saturated carbocycles. The number of benzene rings is 2. The number of nitro benzene ring substituents is 1. The molecule has 1 aliphatic heterocycles. The van der Waals surface area contributed by atoms with Gasteiger partial charge in [0.15, 0.2) is 0 Å². The molecule has 0 fully saturated rings. The Morgan fingerprint density at radius 1 is 1.03 bits per heavy atom. The Hall–Kier alpha value is -1.42. The lowest BCUT2D eigenvalue weighted by atomic mass is 9.99. The molecule has 0 spiro atoms. The van der Waals surface area contributed by atoms with Gasteiger partial charge in [-0.15, -0.1) is 0 Å². The van der Waals surface area contributed by atoms with Gasteiger partial charge in [0.2, 0.25) is 10.0 Å². The quantitative estimate of drug-likeness (QED) is 0.222. The van der Waals surface area contributed by atoms with Crippen LogP contribution >= 0.6 is 34.8 Å². The Labute approximate surface area is 196 Å². The second-order valence-electron chi connectivity index (χ2n) is 7.37. The number of hydrogen-bond acceptors (Lipinski definition) is 5. The minimum atomic E-state index is -3.77. The zero-order valence-electron chi connectivity index (χ0n) is 16.6. The number of unbranched alkanes of at least 4 members (excludes halogenated alkanes) is 2. The zero-order valence-corrected chi connectivity index (χ0v) is 19.7. The van der Waals surface area contributed by atoms with Crippen molar-refractivity contribution >= 4 is 50.5 Å². The predicted octanol–water partition coefficient (Wildman–Crippen LogP) is 5.06. The van der Waals surface area contributed by atoms with Gasteiger partial charge < -0.3 is 0 Å². The Bertz CT molecular complexity index is 1080. The van der Waals surface area contributed by atoms with E-state index in [1.807, 2.05) is 6.07 Å². The second-order valence-corrected chi connectivity index (χ2v) is 10.3. The Balaban J connectivity index is 1.42. The summed E-state index contributed by atoms with van der Waals surface area (Å²) >= 11 is 17.8. The van der Waals surface area contributed by atoms with Gasteiger partial charge in [-0.25, -0.2) is 13.1 Å². The average Bonchev–Trinajstić information content (AvgIpc) is 2.73. The van der Waals surface area contributed by atoms with E-state index in [0.29, 0.717) is 13.0 Å². The standard InChI is InChI=1S/C20H22Cl3N3O4S/c21-17-6-7-18(20(23)19(17)22)31(29,30)24-9-2-1-3-10-25-11-8-14-4-5-16(26(27)28)12-15(14)13-25/h4-7,12,24H,1-3,8-11,13H2. The molecular formula is C20H22Cl3N3O4S. The minimum absolute atomic E-state index is 0.0136. The van der Waals surface area contributed by atoms with Crippen molar-refractivity contribution < 1.29 is 13.3 Å². The zero-order chi connectivity index (χ0) is 22.6. The van der Waals surface area contributed by atoms with Crippen LogP contribution in [0.4, 0.5) is 5.69 Å². The molecule has 0 atom stereocenters. The molecule has 0 amide bonds. The highest BCUT2D eigenvalue weighted by Crippen LogP contribution is 2.34. The molecule has 31 heavy (non-hydrogen) atoms.